The normalized spacial score (nSPS) is 19.3. The first-order valence-electron chi connectivity index (χ1n) is 7.01. The first-order valence-corrected chi connectivity index (χ1v) is 8.69. The molecule has 6 nitrogen and oxygen atoms in total. The standard InChI is InChI=1S/C16H12BrN3O3S/c17-12-6-9(5-10-3-1-2-4-11(10)12)8-18-20-16-19-15(23)13(24-16)7-14(21)22/h1-6,8,13H,7H2,(H,21,22)(H,19,20,23). The van der Waals surface area contributed by atoms with Crippen LogP contribution in [0, 0.1) is 0 Å². The summed E-state index contributed by atoms with van der Waals surface area (Å²) in [5, 5.41) is 21.0. The third-order valence-electron chi connectivity index (χ3n) is 3.33. The highest BCUT2D eigenvalue weighted by Gasteiger charge is 2.32. The molecule has 2 aromatic rings. The number of nitrogens with one attached hydrogen (secondary N) is 1. The van der Waals surface area contributed by atoms with Gasteiger partial charge in [0.05, 0.1) is 12.6 Å². The van der Waals surface area contributed by atoms with Gasteiger partial charge in [0.25, 0.3) is 0 Å². The molecule has 0 aromatic heterocycles. The molecule has 8 heteroatoms. The number of carbonyl (C=O) groups is 2. The lowest BCUT2D eigenvalue weighted by molar-refractivity contribution is -0.138. The zero-order valence-corrected chi connectivity index (χ0v) is 14.7. The van der Waals surface area contributed by atoms with Gasteiger partial charge in [-0.2, -0.15) is 5.10 Å². The maximum Gasteiger partial charge on any atom is 0.305 e. The molecule has 1 fully saturated rings. The van der Waals surface area contributed by atoms with E-state index in [1.54, 1.807) is 6.21 Å². The van der Waals surface area contributed by atoms with Crippen molar-refractivity contribution in [1.82, 2.24) is 5.32 Å². The highest BCUT2D eigenvalue weighted by molar-refractivity contribution is 9.10. The summed E-state index contributed by atoms with van der Waals surface area (Å²) in [6, 6.07) is 11.9. The molecule has 1 amide bonds. The lowest BCUT2D eigenvalue weighted by Gasteiger charge is -2.02. The van der Waals surface area contributed by atoms with Crippen molar-refractivity contribution in [2.75, 3.05) is 0 Å². The molecule has 0 radical (unpaired) electrons. The van der Waals surface area contributed by atoms with Gasteiger partial charge in [-0.1, -0.05) is 52.0 Å². The molecular formula is C16H12BrN3O3S. The summed E-state index contributed by atoms with van der Waals surface area (Å²) < 4.78 is 0.958. The summed E-state index contributed by atoms with van der Waals surface area (Å²) in [5.41, 5.74) is 0.862. The Morgan fingerprint density at radius 1 is 1.38 bits per heavy atom. The van der Waals surface area contributed by atoms with Crippen molar-refractivity contribution in [3.05, 3.63) is 46.4 Å². The highest BCUT2D eigenvalue weighted by atomic mass is 79.9. The van der Waals surface area contributed by atoms with Gasteiger partial charge in [0.2, 0.25) is 5.91 Å². The molecule has 0 spiro atoms. The van der Waals surface area contributed by atoms with E-state index >= 15 is 0 Å². The van der Waals surface area contributed by atoms with Crippen LogP contribution in [0.3, 0.4) is 0 Å². The van der Waals surface area contributed by atoms with Gasteiger partial charge in [-0.3, -0.25) is 9.59 Å². The van der Waals surface area contributed by atoms with Crippen molar-refractivity contribution in [3.8, 4) is 0 Å². The predicted octanol–water partition coefficient (Wildman–Crippen LogP) is 3.00. The number of aliphatic carboxylic acids is 1. The van der Waals surface area contributed by atoms with Gasteiger partial charge in [0.1, 0.15) is 5.25 Å². The monoisotopic (exact) mass is 405 g/mol. The molecule has 0 aliphatic carbocycles. The minimum Gasteiger partial charge on any atom is -0.481 e. The number of nitrogens with zero attached hydrogens (tertiary/aromatic N) is 2. The molecule has 1 aliphatic heterocycles. The van der Waals surface area contributed by atoms with Crippen LogP contribution in [-0.4, -0.2) is 33.6 Å². The van der Waals surface area contributed by atoms with Crippen molar-refractivity contribution >= 4 is 61.7 Å². The zero-order chi connectivity index (χ0) is 17.1. The summed E-state index contributed by atoms with van der Waals surface area (Å²) in [4.78, 5) is 22.3. The van der Waals surface area contributed by atoms with Gasteiger partial charge in [-0.05, 0) is 28.5 Å². The smallest absolute Gasteiger partial charge is 0.305 e. The van der Waals surface area contributed by atoms with E-state index in [0.717, 1.165) is 32.6 Å². The molecule has 1 unspecified atom stereocenters. The molecule has 1 atom stereocenters. The predicted molar refractivity (Wildman–Crippen MR) is 98.5 cm³/mol. The molecule has 0 saturated carbocycles. The fourth-order valence-corrected chi connectivity index (χ4v) is 3.79. The van der Waals surface area contributed by atoms with E-state index in [-0.39, 0.29) is 12.3 Å². The van der Waals surface area contributed by atoms with Gasteiger partial charge in [0, 0.05) is 4.47 Å². The summed E-state index contributed by atoms with van der Waals surface area (Å²) in [5.74, 6) is -1.38. The second-order valence-corrected chi connectivity index (χ2v) is 7.11. The number of carbonyl (C=O) groups excluding carboxylic acids is 1. The van der Waals surface area contributed by atoms with E-state index in [2.05, 4.69) is 31.4 Å². The van der Waals surface area contributed by atoms with Crippen LogP contribution in [0.4, 0.5) is 0 Å². The molecule has 122 valence electrons. The maximum atomic E-state index is 11.6. The van der Waals surface area contributed by atoms with E-state index in [0.29, 0.717) is 5.17 Å². The molecular weight excluding hydrogens is 394 g/mol. The Morgan fingerprint density at radius 3 is 2.96 bits per heavy atom. The van der Waals surface area contributed by atoms with Crippen LogP contribution in [0.15, 0.2) is 51.1 Å². The number of benzene rings is 2. The van der Waals surface area contributed by atoms with Crippen LogP contribution >= 0.6 is 27.7 Å². The van der Waals surface area contributed by atoms with Crippen molar-refractivity contribution in [1.29, 1.82) is 0 Å². The zero-order valence-electron chi connectivity index (χ0n) is 12.3. The third kappa shape index (κ3) is 3.82. The van der Waals surface area contributed by atoms with E-state index in [4.69, 9.17) is 5.11 Å². The van der Waals surface area contributed by atoms with E-state index < -0.39 is 11.2 Å². The Morgan fingerprint density at radius 2 is 2.17 bits per heavy atom. The number of amides is 1. The average molecular weight is 406 g/mol. The minimum absolute atomic E-state index is 0.239. The third-order valence-corrected chi connectivity index (χ3v) is 5.05. The molecule has 1 heterocycles. The number of carboxylic acid groups (broad SMARTS) is 1. The summed E-state index contributed by atoms with van der Waals surface area (Å²) in [6.07, 6.45) is 1.35. The Bertz CT molecular complexity index is 882. The van der Waals surface area contributed by atoms with Gasteiger partial charge < -0.3 is 10.4 Å². The van der Waals surface area contributed by atoms with Crippen molar-refractivity contribution in [2.45, 2.75) is 11.7 Å². The number of hydrogen-bond donors (Lipinski definition) is 2. The van der Waals surface area contributed by atoms with Crippen LogP contribution in [-0.2, 0) is 9.59 Å². The molecule has 2 N–H and O–H groups in total. The van der Waals surface area contributed by atoms with E-state index in [1.807, 2.05) is 36.4 Å². The topological polar surface area (TPSA) is 91.1 Å². The number of halogens is 1. The van der Waals surface area contributed by atoms with Crippen LogP contribution in [0.25, 0.3) is 10.8 Å². The van der Waals surface area contributed by atoms with E-state index in [1.165, 1.54) is 0 Å². The maximum absolute atomic E-state index is 11.6. The summed E-state index contributed by atoms with van der Waals surface area (Å²) in [7, 11) is 0. The summed E-state index contributed by atoms with van der Waals surface area (Å²) >= 11 is 4.60. The highest BCUT2D eigenvalue weighted by Crippen LogP contribution is 2.25. The molecule has 3 rings (SSSR count). The Balaban J connectivity index is 1.75. The molecule has 24 heavy (non-hydrogen) atoms. The number of carboxylic acids is 1. The number of fused-ring (bicyclic) bond motifs is 1. The number of hydrogen-bond acceptors (Lipinski definition) is 5. The SMILES string of the molecule is O=C(O)CC1SC(=NN=Cc2cc(Br)c3ccccc3c2)NC1=O. The van der Waals surface area contributed by atoms with Gasteiger partial charge in [0.15, 0.2) is 5.17 Å². The van der Waals surface area contributed by atoms with Crippen molar-refractivity contribution in [3.63, 3.8) is 0 Å². The molecule has 0 bridgehead atoms. The minimum atomic E-state index is -1.02. The summed E-state index contributed by atoms with van der Waals surface area (Å²) in [6.45, 7) is 0. The average Bonchev–Trinajstić information content (AvgIpc) is 2.86. The molecule has 1 aliphatic rings. The second-order valence-electron chi connectivity index (χ2n) is 5.07. The fraction of sp³-hybridized carbons (Fsp3) is 0.125. The first-order chi connectivity index (χ1) is 11.5. The van der Waals surface area contributed by atoms with Crippen LogP contribution in [0.1, 0.15) is 12.0 Å². The Kier molecular flexibility index (Phi) is 4.96. The van der Waals surface area contributed by atoms with Gasteiger partial charge in [-0.15, -0.1) is 5.10 Å². The Hall–Kier alpha value is -2.19. The van der Waals surface area contributed by atoms with Crippen molar-refractivity contribution < 1.29 is 14.7 Å². The van der Waals surface area contributed by atoms with Crippen LogP contribution in [0.2, 0.25) is 0 Å². The number of thioether (sulfide) groups is 1. The van der Waals surface area contributed by atoms with Crippen molar-refractivity contribution in [2.24, 2.45) is 10.2 Å². The Labute approximate surface area is 150 Å². The van der Waals surface area contributed by atoms with Gasteiger partial charge >= 0.3 is 5.97 Å². The van der Waals surface area contributed by atoms with Crippen LogP contribution in [0.5, 0.6) is 0 Å². The molecule has 1 saturated heterocycles. The number of rotatable bonds is 4. The van der Waals surface area contributed by atoms with Crippen LogP contribution < -0.4 is 5.32 Å². The first kappa shape index (κ1) is 16.7. The second kappa shape index (κ2) is 7.14. The quantitative estimate of drug-likeness (QED) is 0.603. The fourth-order valence-electron chi connectivity index (χ4n) is 2.25. The lowest BCUT2D eigenvalue weighted by atomic mass is 10.1. The van der Waals surface area contributed by atoms with E-state index in [9.17, 15) is 9.59 Å². The number of amidine groups is 1. The van der Waals surface area contributed by atoms with Gasteiger partial charge in [-0.25, -0.2) is 0 Å². The largest absolute Gasteiger partial charge is 0.481 e. The lowest BCUT2D eigenvalue weighted by Crippen LogP contribution is -2.26. The molecule has 2 aromatic carbocycles.